The largest absolute Gasteiger partial charge is 0.478 e. The predicted molar refractivity (Wildman–Crippen MR) is 98.8 cm³/mol. The van der Waals surface area contributed by atoms with Crippen molar-refractivity contribution in [2.24, 2.45) is 0 Å². The average Bonchev–Trinajstić information content (AvgIpc) is 2.55. The molecular formula is C19H21Cl2NO2. The molecule has 3 nitrogen and oxygen atoms in total. The molecule has 0 fully saturated rings. The second-order valence-electron chi connectivity index (χ2n) is 6.05. The van der Waals surface area contributed by atoms with Crippen LogP contribution < -0.4 is 10.1 Å². The van der Waals surface area contributed by atoms with Crippen molar-refractivity contribution < 1.29 is 9.53 Å². The summed E-state index contributed by atoms with van der Waals surface area (Å²) in [7, 11) is 0. The number of halogens is 2. The first kappa shape index (κ1) is 18.6. The lowest BCUT2D eigenvalue weighted by Gasteiger charge is -2.28. The van der Waals surface area contributed by atoms with Crippen molar-refractivity contribution in [3.63, 3.8) is 0 Å². The van der Waals surface area contributed by atoms with E-state index in [1.165, 1.54) is 0 Å². The number of carbonyl (C=O) groups excluding carboxylic acids is 1. The average molecular weight is 366 g/mol. The third kappa shape index (κ3) is 4.89. The second kappa shape index (κ2) is 7.91. The summed E-state index contributed by atoms with van der Waals surface area (Å²) in [5, 5.41) is 4.34. The first-order valence-corrected chi connectivity index (χ1v) is 8.58. The van der Waals surface area contributed by atoms with Crippen molar-refractivity contribution in [2.45, 2.75) is 38.8 Å². The summed E-state index contributed by atoms with van der Waals surface area (Å²) in [6.45, 7) is 5.50. The quantitative estimate of drug-likeness (QED) is 0.742. The SMILES string of the molecule is CCC(NC(=O)C(C)(C)Oc1ccc(Cl)cc1)c1ccc(Cl)cc1. The van der Waals surface area contributed by atoms with E-state index >= 15 is 0 Å². The Kier molecular flexibility index (Phi) is 6.14. The number of nitrogens with one attached hydrogen (secondary N) is 1. The molecule has 2 aromatic carbocycles. The molecule has 0 aliphatic heterocycles. The summed E-state index contributed by atoms with van der Waals surface area (Å²) < 4.78 is 5.83. The van der Waals surface area contributed by atoms with Gasteiger partial charge in [-0.15, -0.1) is 0 Å². The molecule has 0 aliphatic carbocycles. The van der Waals surface area contributed by atoms with E-state index in [-0.39, 0.29) is 11.9 Å². The van der Waals surface area contributed by atoms with Gasteiger partial charge in [0.05, 0.1) is 6.04 Å². The molecule has 5 heteroatoms. The van der Waals surface area contributed by atoms with Crippen molar-refractivity contribution in [2.75, 3.05) is 0 Å². The lowest BCUT2D eigenvalue weighted by molar-refractivity contribution is -0.135. The van der Waals surface area contributed by atoms with Crippen LogP contribution in [0.25, 0.3) is 0 Å². The Morgan fingerprint density at radius 3 is 2.04 bits per heavy atom. The number of rotatable bonds is 6. The monoisotopic (exact) mass is 365 g/mol. The van der Waals surface area contributed by atoms with Crippen LogP contribution in [0.5, 0.6) is 5.75 Å². The molecule has 1 atom stereocenters. The number of carbonyl (C=O) groups is 1. The van der Waals surface area contributed by atoms with E-state index in [2.05, 4.69) is 5.32 Å². The minimum atomic E-state index is -1.01. The number of amides is 1. The van der Waals surface area contributed by atoms with E-state index < -0.39 is 5.60 Å². The minimum absolute atomic E-state index is 0.0946. The van der Waals surface area contributed by atoms with Crippen molar-refractivity contribution >= 4 is 29.1 Å². The molecule has 1 N–H and O–H groups in total. The highest BCUT2D eigenvalue weighted by atomic mass is 35.5. The van der Waals surface area contributed by atoms with Crippen molar-refractivity contribution in [1.29, 1.82) is 0 Å². The normalized spacial score (nSPS) is 12.5. The molecule has 0 radical (unpaired) electrons. The summed E-state index contributed by atoms with van der Waals surface area (Å²) in [4.78, 5) is 12.7. The van der Waals surface area contributed by atoms with Gasteiger partial charge in [0.1, 0.15) is 5.75 Å². The van der Waals surface area contributed by atoms with Gasteiger partial charge >= 0.3 is 0 Å². The van der Waals surface area contributed by atoms with Crippen LogP contribution in [0.3, 0.4) is 0 Å². The lowest BCUT2D eigenvalue weighted by Crippen LogP contribution is -2.47. The van der Waals surface area contributed by atoms with Gasteiger partial charge in [-0.05, 0) is 62.2 Å². The van der Waals surface area contributed by atoms with E-state index in [1.807, 2.05) is 31.2 Å². The molecule has 0 aliphatic rings. The van der Waals surface area contributed by atoms with Crippen LogP contribution in [0.4, 0.5) is 0 Å². The molecule has 0 heterocycles. The highest BCUT2D eigenvalue weighted by Gasteiger charge is 2.31. The maximum Gasteiger partial charge on any atom is 0.264 e. The number of hydrogen-bond donors (Lipinski definition) is 1. The Balaban J connectivity index is 2.07. The second-order valence-corrected chi connectivity index (χ2v) is 6.93. The third-order valence-corrected chi connectivity index (χ3v) is 4.22. The molecule has 0 spiro atoms. The van der Waals surface area contributed by atoms with Crippen LogP contribution in [-0.2, 0) is 4.79 Å². The summed E-state index contributed by atoms with van der Waals surface area (Å²) in [5.74, 6) is 0.415. The molecule has 24 heavy (non-hydrogen) atoms. The molecule has 0 saturated carbocycles. The summed E-state index contributed by atoms with van der Waals surface area (Å²) in [5.41, 5.74) is 0.00534. The Bertz CT molecular complexity index is 682. The van der Waals surface area contributed by atoms with Gasteiger partial charge in [-0.1, -0.05) is 42.3 Å². The fourth-order valence-corrected chi connectivity index (χ4v) is 2.54. The standard InChI is InChI=1S/C19H21Cl2NO2/c1-4-17(13-5-7-14(20)8-6-13)22-18(23)19(2,3)24-16-11-9-15(21)10-12-16/h5-12,17H,4H2,1-3H3,(H,22,23). The smallest absolute Gasteiger partial charge is 0.264 e. The highest BCUT2D eigenvalue weighted by molar-refractivity contribution is 6.30. The highest BCUT2D eigenvalue weighted by Crippen LogP contribution is 2.23. The van der Waals surface area contributed by atoms with E-state index in [9.17, 15) is 4.79 Å². The number of benzene rings is 2. The van der Waals surface area contributed by atoms with Gasteiger partial charge in [-0.2, -0.15) is 0 Å². The topological polar surface area (TPSA) is 38.3 Å². The molecule has 0 bridgehead atoms. The Hall–Kier alpha value is -1.71. The van der Waals surface area contributed by atoms with Crippen LogP contribution in [0.1, 0.15) is 38.8 Å². The van der Waals surface area contributed by atoms with Gasteiger partial charge in [-0.25, -0.2) is 0 Å². The van der Waals surface area contributed by atoms with Gasteiger partial charge in [-0.3, -0.25) is 4.79 Å². The van der Waals surface area contributed by atoms with E-state index in [4.69, 9.17) is 27.9 Å². The molecule has 128 valence electrons. The van der Waals surface area contributed by atoms with E-state index in [1.54, 1.807) is 38.1 Å². The Labute approximate surface area is 152 Å². The van der Waals surface area contributed by atoms with Gasteiger partial charge in [0.25, 0.3) is 5.91 Å². The number of ether oxygens (including phenoxy) is 1. The maximum absolute atomic E-state index is 12.7. The minimum Gasteiger partial charge on any atom is -0.478 e. The van der Waals surface area contributed by atoms with Crippen LogP contribution in [0.2, 0.25) is 10.0 Å². The van der Waals surface area contributed by atoms with Crippen LogP contribution in [0, 0.1) is 0 Å². The number of hydrogen-bond acceptors (Lipinski definition) is 2. The third-order valence-electron chi connectivity index (χ3n) is 3.72. The molecule has 0 aromatic heterocycles. The Morgan fingerprint density at radius 2 is 1.54 bits per heavy atom. The molecule has 2 rings (SSSR count). The molecular weight excluding hydrogens is 345 g/mol. The predicted octanol–water partition coefficient (Wildman–Crippen LogP) is 5.42. The fraction of sp³-hybridized carbons (Fsp3) is 0.316. The van der Waals surface area contributed by atoms with Gasteiger partial charge < -0.3 is 10.1 Å². The fourth-order valence-electron chi connectivity index (χ4n) is 2.29. The zero-order valence-corrected chi connectivity index (χ0v) is 15.5. The summed E-state index contributed by atoms with van der Waals surface area (Å²) in [6, 6.07) is 14.3. The first-order valence-electron chi connectivity index (χ1n) is 7.83. The van der Waals surface area contributed by atoms with Gasteiger partial charge in [0.15, 0.2) is 5.60 Å². The van der Waals surface area contributed by atoms with Crippen molar-refractivity contribution in [3.8, 4) is 5.75 Å². The van der Waals surface area contributed by atoms with Crippen molar-refractivity contribution in [1.82, 2.24) is 5.32 Å². The van der Waals surface area contributed by atoms with Gasteiger partial charge in [0.2, 0.25) is 0 Å². The van der Waals surface area contributed by atoms with Crippen LogP contribution in [-0.4, -0.2) is 11.5 Å². The van der Waals surface area contributed by atoms with Gasteiger partial charge in [0, 0.05) is 10.0 Å². The van der Waals surface area contributed by atoms with Crippen molar-refractivity contribution in [3.05, 3.63) is 64.1 Å². The zero-order chi connectivity index (χ0) is 17.7. The Morgan fingerprint density at radius 1 is 1.04 bits per heavy atom. The molecule has 1 unspecified atom stereocenters. The summed E-state index contributed by atoms with van der Waals surface area (Å²) >= 11 is 11.8. The van der Waals surface area contributed by atoms with E-state index in [0.29, 0.717) is 15.8 Å². The van der Waals surface area contributed by atoms with Crippen LogP contribution >= 0.6 is 23.2 Å². The summed E-state index contributed by atoms with van der Waals surface area (Å²) in [6.07, 6.45) is 0.768. The molecule has 2 aromatic rings. The molecule has 0 saturated heterocycles. The van der Waals surface area contributed by atoms with E-state index in [0.717, 1.165) is 12.0 Å². The lowest BCUT2D eigenvalue weighted by atomic mass is 10.0. The zero-order valence-electron chi connectivity index (χ0n) is 14.0. The van der Waals surface area contributed by atoms with Crippen LogP contribution in [0.15, 0.2) is 48.5 Å². The first-order chi connectivity index (χ1) is 11.3. The molecule has 1 amide bonds. The maximum atomic E-state index is 12.7.